The van der Waals surface area contributed by atoms with Gasteiger partial charge in [-0.1, -0.05) is 146 Å². The molecule has 1 nitrogen and oxygen atoms in total. The van der Waals surface area contributed by atoms with Gasteiger partial charge in [0.1, 0.15) is 0 Å². The second kappa shape index (κ2) is 12.7. The Labute approximate surface area is 307 Å². The zero-order chi connectivity index (χ0) is 34.4. The maximum absolute atomic E-state index is 2.43. The Morgan fingerprint density at radius 3 is 1.62 bits per heavy atom. The van der Waals surface area contributed by atoms with Crippen LogP contribution >= 0.6 is 11.3 Å². The molecule has 0 saturated heterocycles. The van der Waals surface area contributed by atoms with Crippen molar-refractivity contribution < 1.29 is 0 Å². The highest BCUT2D eigenvalue weighted by molar-refractivity contribution is 7.25. The number of rotatable bonds is 6. The third-order valence-electron chi connectivity index (χ3n) is 10.2. The molecular formula is C50H33NS. The van der Waals surface area contributed by atoms with Gasteiger partial charge in [0, 0.05) is 37.1 Å². The first-order chi connectivity index (χ1) is 25.7. The summed E-state index contributed by atoms with van der Waals surface area (Å²) in [6, 6.07) is 73.0. The van der Waals surface area contributed by atoms with Gasteiger partial charge in [-0.2, -0.15) is 0 Å². The molecule has 10 rings (SSSR count). The van der Waals surface area contributed by atoms with E-state index in [4.69, 9.17) is 0 Å². The second-order valence-electron chi connectivity index (χ2n) is 13.4. The SMILES string of the molecule is c1ccc(-c2ccc3cc(-c4ccc5ccc(N(c6ccc7c(c6)sc6ccccc67)c6ccccc6-c6ccccc6)cc5c4)ccc3c2)cc1. The lowest BCUT2D eigenvalue weighted by molar-refractivity contribution is 1.30. The molecule has 0 saturated carbocycles. The molecule has 10 aromatic rings. The van der Waals surface area contributed by atoms with Crippen LogP contribution in [0.25, 0.3) is 75.1 Å². The zero-order valence-corrected chi connectivity index (χ0v) is 29.2. The lowest BCUT2D eigenvalue weighted by atomic mass is 9.96. The van der Waals surface area contributed by atoms with Gasteiger partial charge in [0.15, 0.2) is 0 Å². The van der Waals surface area contributed by atoms with Crippen LogP contribution in [0.4, 0.5) is 17.1 Å². The molecule has 0 bridgehead atoms. The molecule has 0 N–H and O–H groups in total. The smallest absolute Gasteiger partial charge is 0.0540 e. The van der Waals surface area contributed by atoms with E-state index in [9.17, 15) is 0 Å². The van der Waals surface area contributed by atoms with Crippen molar-refractivity contribution in [3.05, 3.63) is 200 Å². The van der Waals surface area contributed by atoms with Crippen LogP contribution in [0.15, 0.2) is 200 Å². The topological polar surface area (TPSA) is 3.24 Å². The van der Waals surface area contributed by atoms with Crippen LogP contribution in [-0.4, -0.2) is 0 Å². The number of anilines is 3. The maximum Gasteiger partial charge on any atom is 0.0540 e. The minimum absolute atomic E-state index is 1.13. The minimum atomic E-state index is 1.13. The normalized spacial score (nSPS) is 11.5. The average molecular weight is 680 g/mol. The first-order valence-corrected chi connectivity index (χ1v) is 18.6. The van der Waals surface area contributed by atoms with Crippen LogP contribution in [0.5, 0.6) is 0 Å². The standard InChI is InChI=1S/C50H33NS/c1-3-11-34(12-4-1)37-21-22-39-30-40(24-23-38(39)29-37)41-20-19-35-25-26-43(32-42(35)31-41)51(48-17-9-7-15-45(48)36-13-5-2-6-14-36)44-27-28-47-46-16-8-10-18-49(46)52-50(47)33-44/h1-33H. The summed E-state index contributed by atoms with van der Waals surface area (Å²) in [6.45, 7) is 0. The summed E-state index contributed by atoms with van der Waals surface area (Å²) in [4.78, 5) is 2.43. The summed E-state index contributed by atoms with van der Waals surface area (Å²) < 4.78 is 2.60. The predicted octanol–water partition coefficient (Wildman–Crippen LogP) is 14.8. The molecule has 0 radical (unpaired) electrons. The fourth-order valence-electron chi connectivity index (χ4n) is 7.60. The Kier molecular flexibility index (Phi) is 7.41. The van der Waals surface area contributed by atoms with Crippen molar-refractivity contribution in [3.63, 3.8) is 0 Å². The van der Waals surface area contributed by atoms with Crippen molar-refractivity contribution in [2.75, 3.05) is 4.90 Å². The van der Waals surface area contributed by atoms with Gasteiger partial charge in [-0.15, -0.1) is 11.3 Å². The lowest BCUT2D eigenvalue weighted by Crippen LogP contribution is -2.11. The Balaban J connectivity index is 1.10. The highest BCUT2D eigenvalue weighted by Gasteiger charge is 2.19. The van der Waals surface area contributed by atoms with Gasteiger partial charge >= 0.3 is 0 Å². The third-order valence-corrected chi connectivity index (χ3v) is 11.3. The van der Waals surface area contributed by atoms with E-state index in [0.29, 0.717) is 0 Å². The van der Waals surface area contributed by atoms with Gasteiger partial charge < -0.3 is 4.90 Å². The molecule has 0 aliphatic heterocycles. The van der Waals surface area contributed by atoms with E-state index < -0.39 is 0 Å². The molecule has 244 valence electrons. The van der Waals surface area contributed by atoms with Crippen molar-refractivity contribution in [3.8, 4) is 33.4 Å². The number of thiophene rings is 1. The van der Waals surface area contributed by atoms with Crippen LogP contribution in [0, 0.1) is 0 Å². The Hall–Kier alpha value is -6.48. The highest BCUT2D eigenvalue weighted by Crippen LogP contribution is 2.44. The second-order valence-corrected chi connectivity index (χ2v) is 14.5. The lowest BCUT2D eigenvalue weighted by Gasteiger charge is -2.28. The summed E-state index contributed by atoms with van der Waals surface area (Å²) in [5.74, 6) is 0. The Bertz CT molecular complexity index is 2910. The van der Waals surface area contributed by atoms with Crippen LogP contribution in [0.1, 0.15) is 0 Å². The van der Waals surface area contributed by atoms with Crippen LogP contribution in [0.2, 0.25) is 0 Å². The molecule has 52 heavy (non-hydrogen) atoms. The summed E-state index contributed by atoms with van der Waals surface area (Å²) in [6.07, 6.45) is 0. The molecule has 0 amide bonds. The van der Waals surface area contributed by atoms with E-state index >= 15 is 0 Å². The molecule has 0 atom stereocenters. The van der Waals surface area contributed by atoms with E-state index in [0.717, 1.165) is 17.1 Å². The van der Waals surface area contributed by atoms with E-state index in [1.54, 1.807) is 0 Å². The van der Waals surface area contributed by atoms with E-state index in [1.165, 1.54) is 75.1 Å². The van der Waals surface area contributed by atoms with E-state index in [2.05, 4.69) is 205 Å². The van der Waals surface area contributed by atoms with Crippen molar-refractivity contribution in [2.24, 2.45) is 0 Å². The number of fused-ring (bicyclic) bond motifs is 5. The minimum Gasteiger partial charge on any atom is -0.310 e. The van der Waals surface area contributed by atoms with Crippen LogP contribution < -0.4 is 4.90 Å². The summed E-state index contributed by atoms with van der Waals surface area (Å²) >= 11 is 1.86. The van der Waals surface area contributed by atoms with Crippen LogP contribution in [-0.2, 0) is 0 Å². The monoisotopic (exact) mass is 679 g/mol. The van der Waals surface area contributed by atoms with E-state index in [-0.39, 0.29) is 0 Å². The predicted molar refractivity (Wildman–Crippen MR) is 225 cm³/mol. The molecule has 0 spiro atoms. The summed E-state index contributed by atoms with van der Waals surface area (Å²) in [5.41, 5.74) is 10.7. The quantitative estimate of drug-likeness (QED) is 0.169. The molecule has 0 fully saturated rings. The van der Waals surface area contributed by atoms with Crippen LogP contribution in [0.3, 0.4) is 0 Å². The van der Waals surface area contributed by atoms with Gasteiger partial charge in [0.25, 0.3) is 0 Å². The van der Waals surface area contributed by atoms with Crippen molar-refractivity contribution >= 4 is 70.1 Å². The maximum atomic E-state index is 2.43. The molecule has 0 aliphatic rings. The van der Waals surface area contributed by atoms with E-state index in [1.807, 2.05) is 11.3 Å². The fourth-order valence-corrected chi connectivity index (χ4v) is 8.74. The van der Waals surface area contributed by atoms with Crippen molar-refractivity contribution in [1.29, 1.82) is 0 Å². The first-order valence-electron chi connectivity index (χ1n) is 17.7. The molecule has 0 unspecified atom stereocenters. The summed E-state index contributed by atoms with van der Waals surface area (Å²) in [5, 5.41) is 7.53. The van der Waals surface area contributed by atoms with Gasteiger partial charge in [0.2, 0.25) is 0 Å². The van der Waals surface area contributed by atoms with Gasteiger partial charge in [-0.25, -0.2) is 0 Å². The number of hydrogen-bond donors (Lipinski definition) is 0. The molecule has 9 aromatic carbocycles. The molecule has 0 aliphatic carbocycles. The Morgan fingerprint density at radius 1 is 0.308 bits per heavy atom. The number of benzene rings is 9. The molecule has 1 heterocycles. The van der Waals surface area contributed by atoms with Gasteiger partial charge in [-0.3, -0.25) is 0 Å². The zero-order valence-electron chi connectivity index (χ0n) is 28.4. The number of nitrogens with zero attached hydrogens (tertiary/aromatic N) is 1. The molecule has 1 aromatic heterocycles. The van der Waals surface area contributed by atoms with Crippen molar-refractivity contribution in [2.45, 2.75) is 0 Å². The summed E-state index contributed by atoms with van der Waals surface area (Å²) in [7, 11) is 0. The number of para-hydroxylation sites is 1. The molecule has 2 heteroatoms. The van der Waals surface area contributed by atoms with Crippen molar-refractivity contribution in [1.82, 2.24) is 0 Å². The van der Waals surface area contributed by atoms with Gasteiger partial charge in [-0.05, 0) is 104 Å². The average Bonchev–Trinajstić information content (AvgIpc) is 3.59. The first kappa shape index (κ1) is 30.4. The number of hydrogen-bond acceptors (Lipinski definition) is 2. The third kappa shape index (κ3) is 5.42. The Morgan fingerprint density at radius 2 is 0.846 bits per heavy atom. The van der Waals surface area contributed by atoms with Gasteiger partial charge in [0.05, 0.1) is 5.69 Å². The molecular weight excluding hydrogens is 647 g/mol. The fraction of sp³-hybridized carbons (Fsp3) is 0. The largest absolute Gasteiger partial charge is 0.310 e. The highest BCUT2D eigenvalue weighted by atomic mass is 32.1.